The fraction of sp³-hybridized carbons (Fsp3) is 0.343. The zero-order valence-electron chi connectivity index (χ0n) is 26.0. The maximum absolute atomic E-state index is 13.8. The lowest BCUT2D eigenvalue weighted by Gasteiger charge is -2.29. The second-order valence-corrected chi connectivity index (χ2v) is 15.0. The number of aryl methyl sites for hydroxylation is 2. The molecule has 0 spiro atoms. The number of hydrogen-bond donors (Lipinski definition) is 1. The third kappa shape index (κ3) is 6.89. The average Bonchev–Trinajstić information content (AvgIpc) is 3.65. The first-order chi connectivity index (χ1) is 22.4. The normalized spacial score (nSPS) is 23.9. The van der Waals surface area contributed by atoms with Crippen LogP contribution in [0.2, 0.25) is 10.0 Å². The van der Waals surface area contributed by atoms with Gasteiger partial charge in [0.1, 0.15) is 6.04 Å². The van der Waals surface area contributed by atoms with Crippen LogP contribution in [0.5, 0.6) is 0 Å². The standard InChI is InChI=1S/C35H35Cl2N3O6S/c1-21-6-15-29(16-22(21)2)47(44,45)39-19-28(41)18-31(39)35(43)46-20-32(42)40-34(24-9-13-27(37)14-10-24)30-5-3-4-25(33(30)38-40)17-23-7-11-26(36)12-8-23/h6-17,28,30-31,34,41H,3-5,18-20H2,1-2H3/b25-17-/t28-,30-,31-,34+/m1/s1. The second-order valence-electron chi connectivity index (χ2n) is 12.3. The van der Waals surface area contributed by atoms with E-state index in [1.54, 1.807) is 31.2 Å². The smallest absolute Gasteiger partial charge is 0.325 e. The largest absolute Gasteiger partial charge is 0.454 e. The van der Waals surface area contributed by atoms with Gasteiger partial charge in [-0.05, 0) is 103 Å². The molecule has 0 unspecified atom stereocenters. The van der Waals surface area contributed by atoms with E-state index >= 15 is 0 Å². The van der Waals surface area contributed by atoms with Gasteiger partial charge in [-0.3, -0.25) is 9.59 Å². The molecule has 47 heavy (non-hydrogen) atoms. The summed E-state index contributed by atoms with van der Waals surface area (Å²) in [4.78, 5) is 27.2. The lowest BCUT2D eigenvalue weighted by atomic mass is 9.77. The van der Waals surface area contributed by atoms with Gasteiger partial charge >= 0.3 is 5.97 Å². The molecule has 2 fully saturated rings. The summed E-state index contributed by atoms with van der Waals surface area (Å²) in [5.41, 5.74) is 5.33. The summed E-state index contributed by atoms with van der Waals surface area (Å²) in [5, 5.41) is 17.8. The first-order valence-corrected chi connectivity index (χ1v) is 17.7. The number of hydrazone groups is 1. The third-order valence-corrected chi connectivity index (χ3v) is 11.5. The van der Waals surface area contributed by atoms with Crippen LogP contribution in [0.4, 0.5) is 0 Å². The zero-order valence-corrected chi connectivity index (χ0v) is 28.3. The predicted molar refractivity (Wildman–Crippen MR) is 180 cm³/mol. The number of nitrogens with zero attached hydrogens (tertiary/aromatic N) is 3. The summed E-state index contributed by atoms with van der Waals surface area (Å²) in [7, 11) is -4.13. The molecule has 3 aromatic carbocycles. The number of esters is 1. The molecule has 1 N–H and O–H groups in total. The van der Waals surface area contributed by atoms with Crippen LogP contribution in [0, 0.1) is 19.8 Å². The van der Waals surface area contributed by atoms with Crippen LogP contribution in [0.3, 0.4) is 0 Å². The zero-order chi connectivity index (χ0) is 33.5. The highest BCUT2D eigenvalue weighted by Gasteiger charge is 2.46. The number of sulfonamides is 1. The van der Waals surface area contributed by atoms with E-state index < -0.39 is 46.7 Å². The van der Waals surface area contributed by atoms with Crippen molar-refractivity contribution in [3.8, 4) is 0 Å². The van der Waals surface area contributed by atoms with Crippen molar-refractivity contribution in [3.05, 3.63) is 105 Å². The van der Waals surface area contributed by atoms with Crippen LogP contribution < -0.4 is 0 Å². The molecule has 6 rings (SSSR count). The molecular formula is C35H35Cl2N3O6S. The van der Waals surface area contributed by atoms with E-state index in [-0.39, 0.29) is 23.8 Å². The SMILES string of the molecule is Cc1ccc(S(=O)(=O)N2C[C@H](O)C[C@@H]2C(=O)OCC(=O)N2N=C3/C(=C\c4ccc(Cl)cc4)CCC[C@H]3[C@@H]2c2ccc(Cl)cc2)cc1C. The molecule has 3 aromatic rings. The third-order valence-electron chi connectivity index (χ3n) is 9.11. The Morgan fingerprint density at radius 2 is 1.68 bits per heavy atom. The van der Waals surface area contributed by atoms with Crippen LogP contribution >= 0.6 is 23.2 Å². The van der Waals surface area contributed by atoms with Crippen LogP contribution in [-0.2, 0) is 24.3 Å². The number of hydrogen-bond acceptors (Lipinski definition) is 7. The quantitative estimate of drug-likeness (QED) is 0.299. The minimum atomic E-state index is -4.13. The van der Waals surface area contributed by atoms with Gasteiger partial charge in [-0.2, -0.15) is 9.41 Å². The van der Waals surface area contributed by atoms with E-state index in [1.807, 2.05) is 43.3 Å². The molecule has 2 heterocycles. The molecule has 1 aliphatic carbocycles. The molecule has 0 aromatic heterocycles. The molecule has 246 valence electrons. The van der Waals surface area contributed by atoms with Gasteiger partial charge < -0.3 is 9.84 Å². The van der Waals surface area contributed by atoms with Gasteiger partial charge in [0.15, 0.2) is 6.61 Å². The number of allylic oxidation sites excluding steroid dienone is 1. The summed E-state index contributed by atoms with van der Waals surface area (Å²) in [6.07, 6.45) is 3.36. The number of benzene rings is 3. The highest BCUT2D eigenvalue weighted by Crippen LogP contribution is 2.44. The number of aliphatic hydroxyl groups excluding tert-OH is 1. The first kappa shape index (κ1) is 33.4. The Hall–Kier alpha value is -3.54. The summed E-state index contributed by atoms with van der Waals surface area (Å²) in [6, 6.07) is 17.8. The molecule has 2 aliphatic heterocycles. The number of carbonyl (C=O) groups excluding carboxylic acids is 2. The van der Waals surface area contributed by atoms with Crippen molar-refractivity contribution in [2.75, 3.05) is 13.2 Å². The second kappa shape index (κ2) is 13.5. The Balaban J connectivity index is 1.24. The topological polar surface area (TPSA) is 117 Å². The molecule has 12 heteroatoms. The number of fused-ring (bicyclic) bond motifs is 1. The molecule has 1 saturated heterocycles. The summed E-state index contributed by atoms with van der Waals surface area (Å²) in [6.45, 7) is 2.77. The lowest BCUT2D eigenvalue weighted by molar-refractivity contribution is -0.155. The maximum atomic E-state index is 13.8. The van der Waals surface area contributed by atoms with E-state index in [4.69, 9.17) is 33.0 Å². The van der Waals surface area contributed by atoms with E-state index in [0.717, 1.165) is 57.1 Å². The lowest BCUT2D eigenvalue weighted by Crippen LogP contribution is -2.42. The van der Waals surface area contributed by atoms with Gasteiger partial charge in [0.2, 0.25) is 10.0 Å². The van der Waals surface area contributed by atoms with Gasteiger partial charge in [-0.25, -0.2) is 13.4 Å². The molecule has 3 aliphatic rings. The Labute approximate surface area is 284 Å². The Kier molecular flexibility index (Phi) is 9.60. The number of carbonyl (C=O) groups is 2. The van der Waals surface area contributed by atoms with Crippen molar-refractivity contribution in [2.45, 2.75) is 62.6 Å². The Bertz CT molecular complexity index is 1860. The average molecular weight is 697 g/mol. The van der Waals surface area contributed by atoms with Crippen molar-refractivity contribution >= 4 is 56.9 Å². The number of aliphatic hydroxyl groups is 1. The molecule has 0 radical (unpaired) electrons. The summed E-state index contributed by atoms with van der Waals surface area (Å²) in [5.74, 6) is -1.54. The molecule has 4 atom stereocenters. The number of β-amino-alcohol motifs (C(OH)–C–C–N with tert-alkyl or cyclic N) is 1. The van der Waals surface area contributed by atoms with E-state index in [1.165, 1.54) is 11.1 Å². The maximum Gasteiger partial charge on any atom is 0.325 e. The van der Waals surface area contributed by atoms with Gasteiger partial charge in [-0.1, -0.05) is 53.5 Å². The van der Waals surface area contributed by atoms with Crippen LogP contribution in [0.25, 0.3) is 6.08 Å². The molecule has 1 saturated carbocycles. The minimum Gasteiger partial charge on any atom is -0.454 e. The van der Waals surface area contributed by atoms with Crippen LogP contribution in [-0.4, -0.2) is 65.7 Å². The highest BCUT2D eigenvalue weighted by molar-refractivity contribution is 7.89. The fourth-order valence-electron chi connectivity index (χ4n) is 6.53. The van der Waals surface area contributed by atoms with E-state index in [2.05, 4.69) is 6.08 Å². The summed E-state index contributed by atoms with van der Waals surface area (Å²) < 4.78 is 33.5. The number of amides is 1. The first-order valence-electron chi connectivity index (χ1n) is 15.5. The number of ether oxygens (including phenoxy) is 1. The van der Waals surface area contributed by atoms with Crippen molar-refractivity contribution in [2.24, 2.45) is 11.0 Å². The van der Waals surface area contributed by atoms with Crippen molar-refractivity contribution < 1.29 is 27.9 Å². The van der Waals surface area contributed by atoms with Crippen LogP contribution in [0.15, 0.2) is 82.3 Å². The minimum absolute atomic E-state index is 0.0207. The van der Waals surface area contributed by atoms with Gasteiger partial charge in [0, 0.05) is 28.9 Å². The summed E-state index contributed by atoms with van der Waals surface area (Å²) >= 11 is 12.3. The molecule has 9 nitrogen and oxygen atoms in total. The van der Waals surface area contributed by atoms with E-state index in [0.29, 0.717) is 10.0 Å². The molecule has 1 amide bonds. The van der Waals surface area contributed by atoms with Gasteiger partial charge in [0.05, 0.1) is 22.8 Å². The predicted octanol–water partition coefficient (Wildman–Crippen LogP) is 6.10. The Morgan fingerprint density at radius 3 is 2.36 bits per heavy atom. The molecular weight excluding hydrogens is 661 g/mol. The van der Waals surface area contributed by atoms with Gasteiger partial charge in [-0.15, -0.1) is 0 Å². The van der Waals surface area contributed by atoms with E-state index in [9.17, 15) is 23.1 Å². The highest BCUT2D eigenvalue weighted by atomic mass is 35.5. The number of halogens is 2. The van der Waals surface area contributed by atoms with Crippen molar-refractivity contribution in [1.82, 2.24) is 9.31 Å². The monoisotopic (exact) mass is 695 g/mol. The molecule has 0 bridgehead atoms. The van der Waals surface area contributed by atoms with Gasteiger partial charge in [0.25, 0.3) is 5.91 Å². The fourth-order valence-corrected chi connectivity index (χ4v) is 8.49. The Morgan fingerprint density at radius 1 is 1.00 bits per heavy atom. The number of rotatable bonds is 7. The van der Waals surface area contributed by atoms with Crippen molar-refractivity contribution in [3.63, 3.8) is 0 Å². The van der Waals surface area contributed by atoms with Crippen molar-refractivity contribution in [1.29, 1.82) is 0 Å². The van der Waals surface area contributed by atoms with Crippen LogP contribution in [0.1, 0.15) is 54.0 Å².